The third-order valence-corrected chi connectivity index (χ3v) is 4.11. The molecule has 1 atom stereocenters. The van der Waals surface area contributed by atoms with Crippen molar-refractivity contribution in [3.8, 4) is 0 Å². The molecule has 0 aromatic heterocycles. The van der Waals surface area contributed by atoms with Gasteiger partial charge in [0.1, 0.15) is 6.29 Å². The molecule has 2 fully saturated rings. The maximum atomic E-state index is 10.9. The number of carbonyl (C=O) groups excluding carboxylic acids is 1. The fourth-order valence-electron chi connectivity index (χ4n) is 3.19. The highest BCUT2D eigenvalue weighted by atomic mass is 16.5. The van der Waals surface area contributed by atoms with Gasteiger partial charge in [-0.15, -0.1) is 0 Å². The molecule has 3 heteroatoms. The Morgan fingerprint density at radius 1 is 1.41 bits per heavy atom. The summed E-state index contributed by atoms with van der Waals surface area (Å²) in [6.45, 7) is 8.75. The van der Waals surface area contributed by atoms with E-state index in [1.165, 1.54) is 6.54 Å². The topological polar surface area (TPSA) is 29.5 Å². The van der Waals surface area contributed by atoms with Gasteiger partial charge in [0.15, 0.2) is 0 Å². The van der Waals surface area contributed by atoms with Gasteiger partial charge in [0, 0.05) is 32.2 Å². The van der Waals surface area contributed by atoms with Crippen LogP contribution in [0, 0.1) is 11.8 Å². The zero-order chi connectivity index (χ0) is 12.3. The molecule has 0 saturated carbocycles. The molecule has 0 radical (unpaired) electrons. The fraction of sp³-hybridized carbons (Fsp3) is 0.929. The largest absolute Gasteiger partial charge is 0.375 e. The Morgan fingerprint density at radius 2 is 2.12 bits per heavy atom. The van der Waals surface area contributed by atoms with E-state index in [2.05, 4.69) is 18.7 Å². The number of hydrogen-bond donors (Lipinski definition) is 0. The number of aldehydes is 1. The molecule has 1 unspecified atom stereocenters. The van der Waals surface area contributed by atoms with Crippen LogP contribution in [0.5, 0.6) is 0 Å². The molecule has 17 heavy (non-hydrogen) atoms. The molecule has 2 aliphatic rings. The van der Waals surface area contributed by atoms with Crippen LogP contribution in [-0.4, -0.2) is 43.0 Å². The highest BCUT2D eigenvalue weighted by Gasteiger charge is 2.40. The Labute approximate surface area is 105 Å². The van der Waals surface area contributed by atoms with Crippen molar-refractivity contribution in [2.45, 2.75) is 45.1 Å². The van der Waals surface area contributed by atoms with E-state index in [0.717, 1.165) is 57.6 Å². The number of likely N-dealkylation sites (tertiary alicyclic amines) is 1. The van der Waals surface area contributed by atoms with Gasteiger partial charge >= 0.3 is 0 Å². The second-order valence-corrected chi connectivity index (χ2v) is 6.11. The molecule has 2 aliphatic heterocycles. The lowest BCUT2D eigenvalue weighted by atomic mass is 9.80. The van der Waals surface area contributed by atoms with Gasteiger partial charge in [0.25, 0.3) is 0 Å². The molecule has 0 N–H and O–H groups in total. The van der Waals surface area contributed by atoms with Gasteiger partial charge in [-0.2, -0.15) is 0 Å². The zero-order valence-corrected chi connectivity index (χ0v) is 11.2. The minimum atomic E-state index is 0.0251. The van der Waals surface area contributed by atoms with Crippen molar-refractivity contribution in [2.75, 3.05) is 26.2 Å². The molecular weight excluding hydrogens is 214 g/mol. The van der Waals surface area contributed by atoms with Crippen LogP contribution in [0.25, 0.3) is 0 Å². The summed E-state index contributed by atoms with van der Waals surface area (Å²) in [5.74, 6) is 0.972. The molecule has 2 heterocycles. The molecular formula is C14H25NO2. The van der Waals surface area contributed by atoms with Crippen LogP contribution >= 0.6 is 0 Å². The van der Waals surface area contributed by atoms with Crippen LogP contribution in [0.2, 0.25) is 0 Å². The van der Waals surface area contributed by atoms with Crippen molar-refractivity contribution in [3.63, 3.8) is 0 Å². The quantitative estimate of drug-likeness (QED) is 0.706. The van der Waals surface area contributed by atoms with Crippen LogP contribution in [0.4, 0.5) is 0 Å². The second-order valence-electron chi connectivity index (χ2n) is 6.11. The molecule has 0 aromatic carbocycles. The molecule has 98 valence electrons. The van der Waals surface area contributed by atoms with E-state index in [9.17, 15) is 4.79 Å². The number of rotatable bonds is 3. The van der Waals surface area contributed by atoms with Crippen molar-refractivity contribution >= 4 is 6.29 Å². The summed E-state index contributed by atoms with van der Waals surface area (Å²) in [6, 6.07) is 0. The van der Waals surface area contributed by atoms with E-state index < -0.39 is 0 Å². The summed E-state index contributed by atoms with van der Waals surface area (Å²) in [4.78, 5) is 13.5. The Kier molecular flexibility index (Phi) is 4.21. The van der Waals surface area contributed by atoms with Crippen molar-refractivity contribution in [2.24, 2.45) is 11.8 Å². The van der Waals surface area contributed by atoms with Crippen molar-refractivity contribution in [1.29, 1.82) is 0 Å². The van der Waals surface area contributed by atoms with Crippen molar-refractivity contribution in [3.05, 3.63) is 0 Å². The van der Waals surface area contributed by atoms with Gasteiger partial charge < -0.3 is 14.4 Å². The van der Waals surface area contributed by atoms with Gasteiger partial charge in [-0.1, -0.05) is 13.8 Å². The first-order chi connectivity index (χ1) is 8.13. The fourth-order valence-corrected chi connectivity index (χ4v) is 3.19. The average Bonchev–Trinajstić information content (AvgIpc) is 2.32. The summed E-state index contributed by atoms with van der Waals surface area (Å²) in [5.41, 5.74) is 0.0251. The molecule has 0 bridgehead atoms. The van der Waals surface area contributed by atoms with E-state index >= 15 is 0 Å². The zero-order valence-electron chi connectivity index (χ0n) is 11.2. The predicted octanol–water partition coefficient (Wildman–Crippen LogP) is 2.10. The number of carbonyl (C=O) groups is 1. The Hall–Kier alpha value is -0.410. The third-order valence-electron chi connectivity index (χ3n) is 4.11. The molecule has 2 saturated heterocycles. The van der Waals surface area contributed by atoms with E-state index in [4.69, 9.17) is 4.74 Å². The molecule has 0 aliphatic carbocycles. The minimum Gasteiger partial charge on any atom is -0.375 e. The lowest BCUT2D eigenvalue weighted by Crippen LogP contribution is -2.50. The second kappa shape index (κ2) is 5.49. The lowest BCUT2D eigenvalue weighted by Gasteiger charge is -2.45. The maximum absolute atomic E-state index is 10.9. The summed E-state index contributed by atoms with van der Waals surface area (Å²) in [6.07, 6.45) is 5.20. The van der Waals surface area contributed by atoms with Crippen LogP contribution < -0.4 is 0 Å². The predicted molar refractivity (Wildman–Crippen MR) is 68.0 cm³/mol. The Balaban J connectivity index is 1.86. The Bertz CT molecular complexity index is 257. The van der Waals surface area contributed by atoms with E-state index in [0.29, 0.717) is 0 Å². The number of piperidine rings is 1. The SMILES string of the molecule is CC(C)CN1CCC2(CC1)CC(C=O)CCO2. The normalized spacial score (nSPS) is 29.7. The first kappa shape index (κ1) is 13.0. The van der Waals surface area contributed by atoms with Crippen LogP contribution in [0.1, 0.15) is 39.5 Å². The van der Waals surface area contributed by atoms with Gasteiger partial charge in [-0.05, 0) is 31.6 Å². The maximum Gasteiger partial charge on any atom is 0.123 e. The van der Waals surface area contributed by atoms with E-state index in [-0.39, 0.29) is 11.5 Å². The van der Waals surface area contributed by atoms with Gasteiger partial charge in [0.05, 0.1) is 5.60 Å². The number of ether oxygens (including phenoxy) is 1. The Morgan fingerprint density at radius 3 is 2.71 bits per heavy atom. The first-order valence-electron chi connectivity index (χ1n) is 6.95. The van der Waals surface area contributed by atoms with Gasteiger partial charge in [0.2, 0.25) is 0 Å². The lowest BCUT2D eigenvalue weighted by molar-refractivity contribution is -0.138. The van der Waals surface area contributed by atoms with Crippen molar-refractivity contribution in [1.82, 2.24) is 4.90 Å². The number of hydrogen-bond acceptors (Lipinski definition) is 3. The highest BCUT2D eigenvalue weighted by molar-refractivity contribution is 5.53. The van der Waals surface area contributed by atoms with Gasteiger partial charge in [-0.3, -0.25) is 0 Å². The third kappa shape index (κ3) is 3.29. The summed E-state index contributed by atoms with van der Waals surface area (Å²) >= 11 is 0. The van der Waals surface area contributed by atoms with Gasteiger partial charge in [-0.25, -0.2) is 0 Å². The smallest absolute Gasteiger partial charge is 0.123 e. The highest BCUT2D eigenvalue weighted by Crippen LogP contribution is 2.36. The number of nitrogens with zero attached hydrogens (tertiary/aromatic N) is 1. The first-order valence-corrected chi connectivity index (χ1v) is 6.95. The average molecular weight is 239 g/mol. The monoisotopic (exact) mass is 239 g/mol. The van der Waals surface area contributed by atoms with Crippen molar-refractivity contribution < 1.29 is 9.53 Å². The van der Waals surface area contributed by atoms with Crippen LogP contribution in [0.3, 0.4) is 0 Å². The summed E-state index contributed by atoms with van der Waals surface area (Å²) in [5, 5.41) is 0. The molecule has 0 amide bonds. The van der Waals surface area contributed by atoms with Crippen LogP contribution in [0.15, 0.2) is 0 Å². The van der Waals surface area contributed by atoms with Crippen LogP contribution in [-0.2, 0) is 9.53 Å². The van der Waals surface area contributed by atoms with E-state index in [1.807, 2.05) is 0 Å². The molecule has 1 spiro atoms. The molecule has 2 rings (SSSR count). The molecule has 0 aromatic rings. The summed E-state index contributed by atoms with van der Waals surface area (Å²) < 4.78 is 6.01. The minimum absolute atomic E-state index is 0.0251. The standard InChI is InChI=1S/C14H25NO2/c1-12(2)10-15-6-4-14(5-7-15)9-13(11-16)3-8-17-14/h11-13H,3-10H2,1-2H3. The van der Waals surface area contributed by atoms with E-state index in [1.54, 1.807) is 0 Å². The summed E-state index contributed by atoms with van der Waals surface area (Å²) in [7, 11) is 0. The molecule has 3 nitrogen and oxygen atoms in total.